The molecule has 1 atom stereocenters. The first-order chi connectivity index (χ1) is 6.34. The fraction of sp³-hybridized carbons (Fsp3) is 0.818. The van der Waals surface area contributed by atoms with Crippen LogP contribution >= 0.6 is 11.8 Å². The summed E-state index contributed by atoms with van der Waals surface area (Å²) in [4.78, 5) is 0. The van der Waals surface area contributed by atoms with E-state index in [2.05, 4.69) is 12.3 Å². The van der Waals surface area contributed by atoms with Gasteiger partial charge in [-0.1, -0.05) is 18.1 Å². The Kier molecular flexibility index (Phi) is 5.56. The number of thioether (sulfide) groups is 1. The molecular weight excluding hydrogens is 178 g/mol. The van der Waals surface area contributed by atoms with Gasteiger partial charge in [-0.25, -0.2) is 0 Å². The second kappa shape index (κ2) is 6.50. The highest BCUT2D eigenvalue weighted by molar-refractivity contribution is 7.98. The smallest absolute Gasteiger partial charge is 0.0261 e. The van der Waals surface area contributed by atoms with Gasteiger partial charge in [-0.2, -0.15) is 11.8 Å². The van der Waals surface area contributed by atoms with Gasteiger partial charge in [0.2, 0.25) is 0 Å². The van der Waals surface area contributed by atoms with E-state index >= 15 is 0 Å². The summed E-state index contributed by atoms with van der Waals surface area (Å²) in [5.41, 5.74) is 7.64. The van der Waals surface area contributed by atoms with Crippen molar-refractivity contribution in [1.82, 2.24) is 0 Å². The average molecular weight is 199 g/mol. The fourth-order valence-corrected chi connectivity index (χ4v) is 2.30. The van der Waals surface area contributed by atoms with Crippen LogP contribution in [0, 0.1) is 0 Å². The van der Waals surface area contributed by atoms with Gasteiger partial charge in [0.05, 0.1) is 0 Å². The minimum atomic E-state index is 0.338. The Balaban J connectivity index is 2.34. The van der Waals surface area contributed by atoms with E-state index in [4.69, 9.17) is 5.73 Å². The van der Waals surface area contributed by atoms with Gasteiger partial charge >= 0.3 is 0 Å². The molecule has 1 nitrogen and oxygen atoms in total. The summed E-state index contributed by atoms with van der Waals surface area (Å²) in [5.74, 6) is 1.19. The normalized spacial score (nSPS) is 20.6. The lowest BCUT2D eigenvalue weighted by atomic mass is 10.0. The van der Waals surface area contributed by atoms with Crippen LogP contribution in [-0.2, 0) is 0 Å². The Hall–Kier alpha value is 0.0500. The first-order valence-electron chi connectivity index (χ1n) is 5.28. The maximum Gasteiger partial charge on any atom is 0.0261 e. The standard InChI is InChI=1S/C11H21NS/c1-13-9-8-11(12)10-6-4-2-3-5-7-10/h6,11H,2-5,7-9,12H2,1H3. The summed E-state index contributed by atoms with van der Waals surface area (Å²) >= 11 is 1.89. The zero-order valence-corrected chi connectivity index (χ0v) is 9.41. The van der Waals surface area contributed by atoms with Crippen LogP contribution in [0.4, 0.5) is 0 Å². The highest BCUT2D eigenvalue weighted by Gasteiger charge is 2.10. The molecule has 0 amide bonds. The van der Waals surface area contributed by atoms with Crippen molar-refractivity contribution >= 4 is 11.8 Å². The molecule has 1 rings (SSSR count). The molecule has 1 aliphatic rings. The monoisotopic (exact) mass is 199 g/mol. The molecule has 0 bridgehead atoms. The Bertz CT molecular complexity index is 165. The summed E-state index contributed by atoms with van der Waals surface area (Å²) in [6.07, 6.45) is 12.3. The van der Waals surface area contributed by atoms with Gasteiger partial charge in [0, 0.05) is 6.04 Å². The zero-order chi connectivity index (χ0) is 9.52. The van der Waals surface area contributed by atoms with Crippen LogP contribution in [0.2, 0.25) is 0 Å². The Morgan fingerprint density at radius 2 is 2.31 bits per heavy atom. The predicted octanol–water partition coefficient (Wildman–Crippen LogP) is 2.96. The van der Waals surface area contributed by atoms with Gasteiger partial charge < -0.3 is 5.73 Å². The number of hydrogen-bond acceptors (Lipinski definition) is 2. The molecule has 0 saturated carbocycles. The molecule has 2 heteroatoms. The van der Waals surface area contributed by atoms with Crippen molar-refractivity contribution < 1.29 is 0 Å². The van der Waals surface area contributed by atoms with Crippen LogP contribution < -0.4 is 5.73 Å². The largest absolute Gasteiger partial charge is 0.324 e. The van der Waals surface area contributed by atoms with Crippen molar-refractivity contribution in [3.05, 3.63) is 11.6 Å². The van der Waals surface area contributed by atoms with Crippen LogP contribution in [0.5, 0.6) is 0 Å². The Morgan fingerprint density at radius 3 is 3.08 bits per heavy atom. The molecular formula is C11H21NS. The van der Waals surface area contributed by atoms with Crippen molar-refractivity contribution in [2.75, 3.05) is 12.0 Å². The van der Waals surface area contributed by atoms with Crippen LogP contribution in [-0.4, -0.2) is 18.1 Å². The molecule has 2 N–H and O–H groups in total. The van der Waals surface area contributed by atoms with Crippen LogP contribution in [0.25, 0.3) is 0 Å². The van der Waals surface area contributed by atoms with Crippen molar-refractivity contribution in [3.8, 4) is 0 Å². The van der Waals surface area contributed by atoms with Gasteiger partial charge in [0.25, 0.3) is 0 Å². The number of rotatable bonds is 4. The van der Waals surface area contributed by atoms with Gasteiger partial charge in [-0.3, -0.25) is 0 Å². The van der Waals surface area contributed by atoms with Gasteiger partial charge in [-0.15, -0.1) is 0 Å². The summed E-state index contributed by atoms with van der Waals surface area (Å²) in [6, 6.07) is 0.338. The lowest BCUT2D eigenvalue weighted by molar-refractivity contribution is 0.666. The third kappa shape index (κ3) is 4.19. The van der Waals surface area contributed by atoms with Crippen molar-refractivity contribution in [3.63, 3.8) is 0 Å². The SMILES string of the molecule is CSCCC(N)C1=CCCCCC1. The summed E-state index contributed by atoms with van der Waals surface area (Å²) in [6.45, 7) is 0. The fourth-order valence-electron chi connectivity index (χ4n) is 1.81. The molecule has 13 heavy (non-hydrogen) atoms. The minimum Gasteiger partial charge on any atom is -0.324 e. The first kappa shape index (κ1) is 11.1. The van der Waals surface area contributed by atoms with Crippen molar-refractivity contribution in [2.45, 2.75) is 44.6 Å². The third-order valence-electron chi connectivity index (χ3n) is 2.69. The number of nitrogens with two attached hydrogens (primary N) is 1. The van der Waals surface area contributed by atoms with E-state index in [1.807, 2.05) is 11.8 Å². The minimum absolute atomic E-state index is 0.338. The number of hydrogen-bond donors (Lipinski definition) is 1. The van der Waals surface area contributed by atoms with E-state index in [-0.39, 0.29) is 0 Å². The highest BCUT2D eigenvalue weighted by Crippen LogP contribution is 2.20. The van der Waals surface area contributed by atoms with E-state index in [9.17, 15) is 0 Å². The Labute approximate surface area is 86.2 Å². The first-order valence-corrected chi connectivity index (χ1v) is 6.67. The van der Waals surface area contributed by atoms with E-state index < -0.39 is 0 Å². The second-order valence-corrected chi connectivity index (χ2v) is 4.75. The molecule has 0 aliphatic heterocycles. The second-order valence-electron chi connectivity index (χ2n) is 3.77. The van der Waals surface area contributed by atoms with Crippen molar-refractivity contribution in [1.29, 1.82) is 0 Å². The maximum atomic E-state index is 6.12. The molecule has 0 spiro atoms. The van der Waals surface area contributed by atoms with Crippen LogP contribution in [0.1, 0.15) is 38.5 Å². The molecule has 0 saturated heterocycles. The molecule has 76 valence electrons. The quantitative estimate of drug-likeness (QED) is 0.704. The average Bonchev–Trinajstić information content (AvgIpc) is 2.42. The van der Waals surface area contributed by atoms with E-state index in [1.165, 1.54) is 43.4 Å². The molecule has 0 aromatic heterocycles. The molecule has 0 fully saturated rings. The maximum absolute atomic E-state index is 6.12. The molecule has 0 aromatic rings. The zero-order valence-electron chi connectivity index (χ0n) is 8.59. The van der Waals surface area contributed by atoms with Gasteiger partial charge in [-0.05, 0) is 44.1 Å². The van der Waals surface area contributed by atoms with Crippen molar-refractivity contribution in [2.24, 2.45) is 5.73 Å². The summed E-state index contributed by atoms with van der Waals surface area (Å²) in [5, 5.41) is 0. The van der Waals surface area contributed by atoms with Gasteiger partial charge in [0.15, 0.2) is 0 Å². The van der Waals surface area contributed by atoms with Crippen LogP contribution in [0.3, 0.4) is 0 Å². The summed E-state index contributed by atoms with van der Waals surface area (Å²) in [7, 11) is 0. The van der Waals surface area contributed by atoms with E-state index in [1.54, 1.807) is 0 Å². The topological polar surface area (TPSA) is 26.0 Å². The molecule has 0 heterocycles. The predicted molar refractivity (Wildman–Crippen MR) is 62.1 cm³/mol. The molecule has 1 aliphatic carbocycles. The van der Waals surface area contributed by atoms with Gasteiger partial charge in [0.1, 0.15) is 0 Å². The molecule has 1 unspecified atom stereocenters. The molecule has 0 radical (unpaired) electrons. The summed E-state index contributed by atoms with van der Waals surface area (Å²) < 4.78 is 0. The lowest BCUT2D eigenvalue weighted by Gasteiger charge is -2.14. The highest BCUT2D eigenvalue weighted by atomic mass is 32.2. The third-order valence-corrected chi connectivity index (χ3v) is 3.33. The van der Waals surface area contributed by atoms with Crippen LogP contribution in [0.15, 0.2) is 11.6 Å². The number of allylic oxidation sites excluding steroid dienone is 1. The Morgan fingerprint density at radius 1 is 1.46 bits per heavy atom. The lowest BCUT2D eigenvalue weighted by Crippen LogP contribution is -2.23. The van der Waals surface area contributed by atoms with E-state index in [0.29, 0.717) is 6.04 Å². The van der Waals surface area contributed by atoms with E-state index in [0.717, 1.165) is 6.42 Å². The molecule has 0 aromatic carbocycles.